The summed E-state index contributed by atoms with van der Waals surface area (Å²) in [4.78, 5) is 37.2. The second-order valence-electron chi connectivity index (χ2n) is 4.78. The molecule has 1 aromatic carbocycles. The molecule has 112 valence electrons. The Hall–Kier alpha value is -1.99. The van der Waals surface area contributed by atoms with Crippen molar-refractivity contribution in [2.75, 3.05) is 6.54 Å². The van der Waals surface area contributed by atoms with Crippen molar-refractivity contribution in [1.29, 1.82) is 0 Å². The number of carbonyl (C=O) groups is 3. The van der Waals surface area contributed by atoms with Crippen molar-refractivity contribution in [2.45, 2.75) is 6.54 Å². The lowest BCUT2D eigenvalue weighted by Gasteiger charge is -2.13. The molecule has 22 heavy (non-hydrogen) atoms. The predicted octanol–water partition coefficient (Wildman–Crippen LogP) is 2.42. The molecular formula is C15H11BrN2O3S. The first-order valence-corrected chi connectivity index (χ1v) is 8.18. The number of carbonyl (C=O) groups excluding carboxylic acids is 3. The average molecular weight is 379 g/mol. The van der Waals surface area contributed by atoms with Gasteiger partial charge in [-0.1, -0.05) is 12.1 Å². The molecule has 0 bridgehead atoms. The van der Waals surface area contributed by atoms with Crippen LogP contribution in [-0.2, 0) is 11.3 Å². The van der Waals surface area contributed by atoms with E-state index in [1.807, 2.05) is 11.4 Å². The zero-order valence-corrected chi connectivity index (χ0v) is 13.7. The summed E-state index contributed by atoms with van der Waals surface area (Å²) in [6.07, 6.45) is 0. The minimum Gasteiger partial charge on any atom is -0.350 e. The molecule has 0 aliphatic carbocycles. The Balaban J connectivity index is 1.63. The van der Waals surface area contributed by atoms with E-state index in [2.05, 4.69) is 21.2 Å². The Kier molecular flexibility index (Phi) is 4.08. The van der Waals surface area contributed by atoms with Crippen LogP contribution < -0.4 is 5.32 Å². The van der Waals surface area contributed by atoms with Gasteiger partial charge in [0.15, 0.2) is 0 Å². The smallest absolute Gasteiger partial charge is 0.262 e. The fourth-order valence-electron chi connectivity index (χ4n) is 2.22. The number of imide groups is 1. The van der Waals surface area contributed by atoms with Crippen LogP contribution in [0.3, 0.4) is 0 Å². The van der Waals surface area contributed by atoms with Gasteiger partial charge in [0.25, 0.3) is 11.8 Å². The van der Waals surface area contributed by atoms with Crippen LogP contribution in [0.4, 0.5) is 0 Å². The normalized spacial score (nSPS) is 13.4. The maximum absolute atomic E-state index is 12.1. The highest BCUT2D eigenvalue weighted by Gasteiger charge is 2.36. The van der Waals surface area contributed by atoms with Gasteiger partial charge < -0.3 is 5.32 Å². The molecule has 0 fully saturated rings. The van der Waals surface area contributed by atoms with Gasteiger partial charge in [0.2, 0.25) is 5.91 Å². The van der Waals surface area contributed by atoms with Crippen LogP contribution in [0.15, 0.2) is 39.5 Å². The minimum atomic E-state index is -0.422. The van der Waals surface area contributed by atoms with Gasteiger partial charge in [0, 0.05) is 6.54 Å². The van der Waals surface area contributed by atoms with E-state index in [1.165, 1.54) is 11.3 Å². The molecule has 0 saturated carbocycles. The highest BCUT2D eigenvalue weighted by molar-refractivity contribution is 9.11. The third-order valence-electron chi connectivity index (χ3n) is 3.29. The SMILES string of the molecule is O=C(CN1C(=O)c2ccccc2C1=O)NCc1csc(Br)c1. The first kappa shape index (κ1) is 14.9. The Morgan fingerprint density at radius 3 is 2.36 bits per heavy atom. The number of halogens is 1. The monoisotopic (exact) mass is 378 g/mol. The van der Waals surface area contributed by atoms with E-state index in [4.69, 9.17) is 0 Å². The molecule has 2 aromatic rings. The number of nitrogens with zero attached hydrogens (tertiary/aromatic N) is 1. The lowest BCUT2D eigenvalue weighted by atomic mass is 10.1. The molecule has 5 nitrogen and oxygen atoms in total. The molecule has 1 aromatic heterocycles. The molecule has 1 aliphatic rings. The summed E-state index contributed by atoms with van der Waals surface area (Å²) in [6, 6.07) is 8.49. The zero-order chi connectivity index (χ0) is 15.7. The molecule has 1 N–H and O–H groups in total. The van der Waals surface area contributed by atoms with Crippen LogP contribution in [-0.4, -0.2) is 29.2 Å². The third kappa shape index (κ3) is 2.82. The van der Waals surface area contributed by atoms with Gasteiger partial charge in [-0.25, -0.2) is 0 Å². The molecule has 3 amide bonds. The van der Waals surface area contributed by atoms with Crippen molar-refractivity contribution in [1.82, 2.24) is 10.2 Å². The summed E-state index contributed by atoms with van der Waals surface area (Å²) in [5, 5.41) is 4.63. The van der Waals surface area contributed by atoms with E-state index in [1.54, 1.807) is 24.3 Å². The van der Waals surface area contributed by atoms with Gasteiger partial charge in [-0.15, -0.1) is 11.3 Å². The molecule has 0 spiro atoms. The largest absolute Gasteiger partial charge is 0.350 e. The summed E-state index contributed by atoms with van der Waals surface area (Å²) in [5.41, 5.74) is 1.66. The van der Waals surface area contributed by atoms with E-state index in [0.717, 1.165) is 14.2 Å². The van der Waals surface area contributed by atoms with Crippen molar-refractivity contribution in [3.8, 4) is 0 Å². The standard InChI is InChI=1S/C15H11BrN2O3S/c16-12-5-9(8-22-12)6-17-13(19)7-18-14(20)10-3-1-2-4-11(10)15(18)21/h1-5,8H,6-7H2,(H,17,19). The van der Waals surface area contributed by atoms with Crippen molar-refractivity contribution in [3.05, 3.63) is 56.2 Å². The van der Waals surface area contributed by atoms with E-state index in [9.17, 15) is 14.4 Å². The summed E-state index contributed by atoms with van der Waals surface area (Å²) in [6.45, 7) is 0.0990. The number of fused-ring (bicyclic) bond motifs is 1. The lowest BCUT2D eigenvalue weighted by molar-refractivity contribution is -0.121. The summed E-state index contributed by atoms with van der Waals surface area (Å²) >= 11 is 4.88. The van der Waals surface area contributed by atoms with E-state index < -0.39 is 11.8 Å². The summed E-state index contributed by atoms with van der Waals surface area (Å²) in [5.74, 6) is -1.21. The zero-order valence-electron chi connectivity index (χ0n) is 11.3. The van der Waals surface area contributed by atoms with Crippen molar-refractivity contribution >= 4 is 45.0 Å². The molecule has 2 heterocycles. The second-order valence-corrected chi connectivity index (χ2v) is 7.07. The quantitative estimate of drug-likeness (QED) is 0.830. The van der Waals surface area contributed by atoms with Gasteiger partial charge in [-0.05, 0) is 45.1 Å². The molecule has 0 saturated heterocycles. The number of hydrogen-bond donors (Lipinski definition) is 1. The number of rotatable bonds is 4. The minimum absolute atomic E-state index is 0.266. The van der Waals surface area contributed by atoms with Crippen molar-refractivity contribution in [3.63, 3.8) is 0 Å². The number of thiophene rings is 1. The first-order chi connectivity index (χ1) is 10.6. The molecule has 3 rings (SSSR count). The topological polar surface area (TPSA) is 66.5 Å². The molecule has 0 unspecified atom stereocenters. The Morgan fingerprint density at radius 1 is 1.18 bits per heavy atom. The highest BCUT2D eigenvalue weighted by Crippen LogP contribution is 2.22. The molecule has 0 atom stereocenters. The highest BCUT2D eigenvalue weighted by atomic mass is 79.9. The van der Waals surface area contributed by atoms with Gasteiger partial charge >= 0.3 is 0 Å². The number of nitrogens with one attached hydrogen (secondary N) is 1. The van der Waals surface area contributed by atoms with Gasteiger partial charge in [-0.2, -0.15) is 0 Å². The fraction of sp³-hybridized carbons (Fsp3) is 0.133. The van der Waals surface area contributed by atoms with E-state index in [0.29, 0.717) is 17.7 Å². The molecular weight excluding hydrogens is 368 g/mol. The van der Waals surface area contributed by atoms with Crippen LogP contribution in [0.2, 0.25) is 0 Å². The molecule has 1 aliphatic heterocycles. The van der Waals surface area contributed by atoms with Crippen LogP contribution >= 0.6 is 27.3 Å². The maximum Gasteiger partial charge on any atom is 0.262 e. The fourth-order valence-corrected chi connectivity index (χ4v) is 3.43. The van der Waals surface area contributed by atoms with Crippen LogP contribution in [0, 0.1) is 0 Å². The third-order valence-corrected chi connectivity index (χ3v) is 4.84. The van der Waals surface area contributed by atoms with Gasteiger partial charge in [0.1, 0.15) is 6.54 Å². The Morgan fingerprint density at radius 2 is 1.82 bits per heavy atom. The van der Waals surface area contributed by atoms with E-state index in [-0.39, 0.29) is 12.5 Å². The second kappa shape index (κ2) is 6.02. The average Bonchev–Trinajstić information content (AvgIpc) is 3.03. The lowest BCUT2D eigenvalue weighted by Crippen LogP contribution is -2.40. The van der Waals surface area contributed by atoms with Crippen molar-refractivity contribution < 1.29 is 14.4 Å². The first-order valence-electron chi connectivity index (χ1n) is 6.51. The summed E-state index contributed by atoms with van der Waals surface area (Å²) < 4.78 is 0.983. The predicted molar refractivity (Wildman–Crippen MR) is 85.7 cm³/mol. The van der Waals surface area contributed by atoms with Crippen LogP contribution in [0.5, 0.6) is 0 Å². The maximum atomic E-state index is 12.1. The number of amides is 3. The van der Waals surface area contributed by atoms with Gasteiger partial charge in [-0.3, -0.25) is 19.3 Å². The summed E-state index contributed by atoms with van der Waals surface area (Å²) in [7, 11) is 0. The Bertz CT molecular complexity index is 737. The molecule has 0 radical (unpaired) electrons. The van der Waals surface area contributed by atoms with E-state index >= 15 is 0 Å². The van der Waals surface area contributed by atoms with Crippen molar-refractivity contribution in [2.24, 2.45) is 0 Å². The Labute approximate surface area is 139 Å². The van der Waals surface area contributed by atoms with Crippen LogP contribution in [0.1, 0.15) is 26.3 Å². The number of hydrogen-bond acceptors (Lipinski definition) is 4. The number of benzene rings is 1. The van der Waals surface area contributed by atoms with Gasteiger partial charge in [0.05, 0.1) is 14.9 Å². The van der Waals surface area contributed by atoms with Crippen LogP contribution in [0.25, 0.3) is 0 Å². The molecule has 7 heteroatoms.